The van der Waals surface area contributed by atoms with Gasteiger partial charge in [0.15, 0.2) is 0 Å². The Morgan fingerprint density at radius 2 is 1.89 bits per heavy atom. The van der Waals surface area contributed by atoms with Gasteiger partial charge in [-0.3, -0.25) is 14.3 Å². The molecule has 0 saturated carbocycles. The molecule has 1 aromatic heterocycles. The van der Waals surface area contributed by atoms with Crippen molar-refractivity contribution in [1.82, 2.24) is 19.6 Å². The van der Waals surface area contributed by atoms with Crippen LogP contribution < -0.4 is 0 Å². The maximum atomic E-state index is 13.3. The van der Waals surface area contributed by atoms with Crippen molar-refractivity contribution >= 4 is 23.4 Å². The van der Waals surface area contributed by atoms with Crippen LogP contribution >= 0.6 is 11.6 Å². The molecule has 2 aliphatic heterocycles. The quantitative estimate of drug-likeness (QED) is 0.791. The van der Waals surface area contributed by atoms with Gasteiger partial charge < -0.3 is 9.80 Å². The van der Waals surface area contributed by atoms with E-state index in [-0.39, 0.29) is 22.3 Å². The number of carbonyl (C=O) groups excluding carboxylic acids is 2. The number of hydrogen-bond donors (Lipinski definition) is 0. The van der Waals surface area contributed by atoms with Gasteiger partial charge in [-0.2, -0.15) is 5.10 Å². The molecule has 1 aromatic carbocycles. The van der Waals surface area contributed by atoms with Crippen LogP contribution in [-0.2, 0) is 7.05 Å². The first-order chi connectivity index (χ1) is 12.8. The van der Waals surface area contributed by atoms with E-state index in [0.717, 1.165) is 12.0 Å². The number of halogens is 2. The summed E-state index contributed by atoms with van der Waals surface area (Å²) < 4.78 is 14.9. The van der Waals surface area contributed by atoms with Crippen molar-refractivity contribution in [2.45, 2.75) is 13.3 Å². The zero-order valence-electron chi connectivity index (χ0n) is 15.2. The summed E-state index contributed by atoms with van der Waals surface area (Å²) in [5.74, 6) is -0.709. The molecule has 142 valence electrons. The third-order valence-corrected chi connectivity index (χ3v) is 5.85. The van der Waals surface area contributed by atoms with E-state index in [1.807, 2.05) is 11.8 Å². The molecule has 2 aromatic rings. The first kappa shape index (κ1) is 18.0. The van der Waals surface area contributed by atoms with E-state index in [2.05, 4.69) is 5.10 Å². The molecule has 0 aliphatic carbocycles. The predicted octanol–water partition coefficient (Wildman–Crippen LogP) is 2.51. The molecule has 27 heavy (non-hydrogen) atoms. The van der Waals surface area contributed by atoms with Gasteiger partial charge in [-0.15, -0.1) is 0 Å². The van der Waals surface area contributed by atoms with Crippen molar-refractivity contribution < 1.29 is 14.0 Å². The van der Waals surface area contributed by atoms with E-state index in [0.29, 0.717) is 37.4 Å². The number of aryl methyl sites for hydroxylation is 2. The molecular formula is C19H20ClFN4O2. The summed E-state index contributed by atoms with van der Waals surface area (Å²) in [5, 5.41) is 4.07. The predicted molar refractivity (Wildman–Crippen MR) is 98.2 cm³/mol. The molecule has 0 radical (unpaired) electrons. The molecule has 0 N–H and O–H groups in total. The summed E-state index contributed by atoms with van der Waals surface area (Å²) in [5.41, 5.74) is 1.80. The van der Waals surface area contributed by atoms with E-state index in [4.69, 9.17) is 11.6 Å². The summed E-state index contributed by atoms with van der Waals surface area (Å²) in [7, 11) is 1.76. The van der Waals surface area contributed by atoms with Gasteiger partial charge in [0, 0.05) is 44.2 Å². The Labute approximate surface area is 161 Å². The van der Waals surface area contributed by atoms with Crippen molar-refractivity contribution in [2.24, 2.45) is 12.5 Å². The second-order valence-electron chi connectivity index (χ2n) is 7.57. The Morgan fingerprint density at radius 3 is 2.52 bits per heavy atom. The molecule has 0 unspecified atom stereocenters. The second-order valence-corrected chi connectivity index (χ2v) is 7.97. The third kappa shape index (κ3) is 3.00. The fraction of sp³-hybridized carbons (Fsp3) is 0.421. The summed E-state index contributed by atoms with van der Waals surface area (Å²) in [6.07, 6.45) is 2.54. The Kier molecular flexibility index (Phi) is 4.22. The average molecular weight is 391 g/mol. The van der Waals surface area contributed by atoms with Crippen molar-refractivity contribution in [3.8, 4) is 0 Å². The van der Waals surface area contributed by atoms with Crippen molar-refractivity contribution in [3.05, 3.63) is 52.1 Å². The van der Waals surface area contributed by atoms with E-state index in [1.54, 1.807) is 22.8 Å². The van der Waals surface area contributed by atoms with Crippen LogP contribution in [0.3, 0.4) is 0 Å². The fourth-order valence-corrected chi connectivity index (χ4v) is 4.27. The number of rotatable bonds is 2. The minimum Gasteiger partial charge on any atom is -0.338 e. The van der Waals surface area contributed by atoms with Gasteiger partial charge in [-0.1, -0.05) is 11.6 Å². The lowest BCUT2D eigenvalue weighted by molar-refractivity contribution is 0.0101. The van der Waals surface area contributed by atoms with Gasteiger partial charge in [-0.25, -0.2) is 4.39 Å². The molecule has 2 aliphatic rings. The van der Waals surface area contributed by atoms with Crippen LogP contribution in [0.2, 0.25) is 5.02 Å². The molecule has 2 amide bonds. The van der Waals surface area contributed by atoms with E-state index < -0.39 is 5.82 Å². The normalized spacial score (nSPS) is 18.1. The lowest BCUT2D eigenvalue weighted by Crippen LogP contribution is -2.60. The minimum atomic E-state index is -0.537. The maximum absolute atomic E-state index is 13.3. The summed E-state index contributed by atoms with van der Waals surface area (Å²) in [6, 6.07) is 4.03. The standard InChI is InChI=1S/C19H20ClFN4O2/c1-12-8-22-23(2)16(12)18(27)25-10-19(11-25)5-6-24(9-19)17(26)13-3-4-15(21)14(20)7-13/h3-4,7-8H,5-6,9-11H2,1-2H3. The zero-order valence-corrected chi connectivity index (χ0v) is 16.0. The molecule has 3 heterocycles. The van der Waals surface area contributed by atoms with Crippen LogP contribution in [0.25, 0.3) is 0 Å². The smallest absolute Gasteiger partial charge is 0.272 e. The Bertz CT molecular complexity index is 916. The number of carbonyl (C=O) groups is 2. The number of nitrogens with zero attached hydrogens (tertiary/aromatic N) is 4. The van der Waals surface area contributed by atoms with Gasteiger partial charge in [-0.05, 0) is 37.1 Å². The minimum absolute atomic E-state index is 0.0202. The third-order valence-electron chi connectivity index (χ3n) is 5.56. The topological polar surface area (TPSA) is 58.4 Å². The first-order valence-electron chi connectivity index (χ1n) is 8.82. The van der Waals surface area contributed by atoms with Crippen LogP contribution in [0.1, 0.15) is 32.8 Å². The van der Waals surface area contributed by atoms with Crippen molar-refractivity contribution in [3.63, 3.8) is 0 Å². The number of likely N-dealkylation sites (tertiary alicyclic amines) is 2. The summed E-state index contributed by atoms with van der Waals surface area (Å²) in [6.45, 7) is 4.35. The lowest BCUT2D eigenvalue weighted by atomic mass is 9.79. The Balaban J connectivity index is 1.41. The van der Waals surface area contributed by atoms with Gasteiger partial charge >= 0.3 is 0 Å². The highest BCUT2D eigenvalue weighted by Gasteiger charge is 2.50. The molecule has 2 saturated heterocycles. The highest BCUT2D eigenvalue weighted by Crippen LogP contribution is 2.40. The number of aromatic nitrogens is 2. The molecule has 8 heteroatoms. The molecule has 2 fully saturated rings. The van der Waals surface area contributed by atoms with Gasteiger partial charge in [0.25, 0.3) is 11.8 Å². The SMILES string of the molecule is Cc1cnn(C)c1C(=O)N1CC2(CCN(C(=O)c3ccc(F)c(Cl)c3)C2)C1. The lowest BCUT2D eigenvalue weighted by Gasteiger charge is -2.47. The first-order valence-corrected chi connectivity index (χ1v) is 9.20. The van der Waals surface area contributed by atoms with Crippen LogP contribution in [0.5, 0.6) is 0 Å². The maximum Gasteiger partial charge on any atom is 0.272 e. The van der Waals surface area contributed by atoms with Gasteiger partial charge in [0.05, 0.1) is 11.2 Å². The average Bonchev–Trinajstić information content (AvgIpc) is 3.19. The molecule has 1 spiro atoms. The highest BCUT2D eigenvalue weighted by atomic mass is 35.5. The second kappa shape index (κ2) is 6.34. The summed E-state index contributed by atoms with van der Waals surface area (Å²) in [4.78, 5) is 29.0. The number of benzene rings is 1. The molecule has 6 nitrogen and oxygen atoms in total. The molecule has 0 bridgehead atoms. The summed E-state index contributed by atoms with van der Waals surface area (Å²) >= 11 is 5.79. The van der Waals surface area contributed by atoms with Crippen molar-refractivity contribution in [2.75, 3.05) is 26.2 Å². The van der Waals surface area contributed by atoms with Crippen LogP contribution in [0.4, 0.5) is 4.39 Å². The molecular weight excluding hydrogens is 371 g/mol. The Morgan fingerprint density at radius 1 is 1.19 bits per heavy atom. The molecule has 4 rings (SSSR count). The molecule has 0 atom stereocenters. The van der Waals surface area contributed by atoms with Gasteiger partial charge in [0.2, 0.25) is 0 Å². The monoisotopic (exact) mass is 390 g/mol. The van der Waals surface area contributed by atoms with E-state index in [9.17, 15) is 14.0 Å². The van der Waals surface area contributed by atoms with E-state index >= 15 is 0 Å². The van der Waals surface area contributed by atoms with Crippen molar-refractivity contribution in [1.29, 1.82) is 0 Å². The number of amides is 2. The van der Waals surface area contributed by atoms with Crippen LogP contribution in [-0.4, -0.2) is 57.6 Å². The van der Waals surface area contributed by atoms with Crippen LogP contribution in [0.15, 0.2) is 24.4 Å². The van der Waals surface area contributed by atoms with Gasteiger partial charge in [0.1, 0.15) is 11.5 Å². The van der Waals surface area contributed by atoms with Crippen LogP contribution in [0, 0.1) is 18.2 Å². The van der Waals surface area contributed by atoms with E-state index in [1.165, 1.54) is 18.2 Å². The fourth-order valence-electron chi connectivity index (χ4n) is 4.09. The zero-order chi connectivity index (χ0) is 19.3. The Hall–Kier alpha value is -2.41. The highest BCUT2D eigenvalue weighted by molar-refractivity contribution is 6.31. The largest absolute Gasteiger partial charge is 0.338 e. The number of hydrogen-bond acceptors (Lipinski definition) is 3.